The molecular weight excluding hydrogens is 328 g/mol. The molecule has 3 heterocycles. The lowest BCUT2D eigenvalue weighted by atomic mass is 10.1. The lowest BCUT2D eigenvalue weighted by molar-refractivity contribution is -0.125. The summed E-state index contributed by atoms with van der Waals surface area (Å²) < 4.78 is 5.07. The van der Waals surface area contributed by atoms with Crippen LogP contribution in [0.25, 0.3) is 11.1 Å². The second kappa shape index (κ2) is 6.80. The van der Waals surface area contributed by atoms with Crippen LogP contribution >= 0.6 is 11.8 Å². The molecule has 0 aromatic carbocycles. The molecule has 1 saturated heterocycles. The summed E-state index contributed by atoms with van der Waals surface area (Å²) in [4.78, 5) is 31.0. The summed E-state index contributed by atoms with van der Waals surface area (Å²) in [5.41, 5.74) is 1.54. The molecule has 2 atom stereocenters. The number of aryl methyl sites for hydroxylation is 1. The molecular formula is C16H20N4O3S. The zero-order chi connectivity index (χ0) is 17.3. The number of carbonyl (C=O) groups excluding carboxylic acids is 2. The van der Waals surface area contributed by atoms with Crippen molar-refractivity contribution in [2.24, 2.45) is 0 Å². The molecule has 1 aliphatic heterocycles. The van der Waals surface area contributed by atoms with Crippen LogP contribution in [-0.2, 0) is 4.79 Å². The van der Waals surface area contributed by atoms with E-state index in [-0.39, 0.29) is 17.9 Å². The maximum absolute atomic E-state index is 12.8. The fraction of sp³-hybridized carbons (Fsp3) is 0.500. The second-order valence-electron chi connectivity index (χ2n) is 5.95. The SMILES string of the molecule is CCC(C)NC(=O)C1CSCN1C(=O)c1cnc2onc(C)c2c1. The van der Waals surface area contributed by atoms with Crippen molar-refractivity contribution in [3.8, 4) is 0 Å². The van der Waals surface area contributed by atoms with E-state index in [1.165, 1.54) is 6.20 Å². The van der Waals surface area contributed by atoms with Crippen LogP contribution in [0.3, 0.4) is 0 Å². The molecule has 0 bridgehead atoms. The lowest BCUT2D eigenvalue weighted by Crippen LogP contribution is -2.49. The van der Waals surface area contributed by atoms with Gasteiger partial charge < -0.3 is 14.7 Å². The summed E-state index contributed by atoms with van der Waals surface area (Å²) >= 11 is 1.58. The number of hydrogen-bond acceptors (Lipinski definition) is 6. The molecule has 1 aliphatic rings. The van der Waals surface area contributed by atoms with E-state index in [1.807, 2.05) is 13.8 Å². The fourth-order valence-corrected chi connectivity index (χ4v) is 3.68. The number of rotatable bonds is 4. The topological polar surface area (TPSA) is 88.3 Å². The van der Waals surface area contributed by atoms with Gasteiger partial charge in [-0.1, -0.05) is 12.1 Å². The quantitative estimate of drug-likeness (QED) is 0.909. The summed E-state index contributed by atoms with van der Waals surface area (Å²) in [7, 11) is 0. The van der Waals surface area contributed by atoms with Gasteiger partial charge in [0.25, 0.3) is 11.6 Å². The van der Waals surface area contributed by atoms with Crippen LogP contribution in [0.15, 0.2) is 16.8 Å². The Labute approximate surface area is 144 Å². The fourth-order valence-electron chi connectivity index (χ4n) is 2.53. The van der Waals surface area contributed by atoms with E-state index in [1.54, 1.807) is 29.7 Å². The molecule has 7 nitrogen and oxygen atoms in total. The zero-order valence-corrected chi connectivity index (χ0v) is 14.7. The Hall–Kier alpha value is -2.09. The maximum Gasteiger partial charge on any atom is 0.257 e. The molecule has 0 radical (unpaired) electrons. The molecule has 24 heavy (non-hydrogen) atoms. The van der Waals surface area contributed by atoms with Gasteiger partial charge in [-0.2, -0.15) is 0 Å². The minimum atomic E-state index is -0.448. The van der Waals surface area contributed by atoms with Gasteiger partial charge in [-0.3, -0.25) is 9.59 Å². The third-order valence-corrected chi connectivity index (χ3v) is 5.22. The predicted molar refractivity (Wildman–Crippen MR) is 91.7 cm³/mol. The largest absolute Gasteiger partial charge is 0.352 e. The first-order valence-electron chi connectivity index (χ1n) is 7.92. The van der Waals surface area contributed by atoms with Gasteiger partial charge in [0, 0.05) is 18.0 Å². The van der Waals surface area contributed by atoms with Crippen molar-refractivity contribution in [1.82, 2.24) is 20.4 Å². The van der Waals surface area contributed by atoms with Crippen molar-refractivity contribution in [2.45, 2.75) is 39.3 Å². The molecule has 0 spiro atoms. The Morgan fingerprint density at radius 1 is 1.54 bits per heavy atom. The van der Waals surface area contributed by atoms with Crippen molar-refractivity contribution in [3.63, 3.8) is 0 Å². The molecule has 2 aromatic rings. The molecule has 0 aliphatic carbocycles. The number of pyridine rings is 1. The molecule has 0 saturated carbocycles. The molecule has 2 amide bonds. The van der Waals surface area contributed by atoms with Crippen molar-refractivity contribution < 1.29 is 14.1 Å². The first-order chi connectivity index (χ1) is 11.5. The van der Waals surface area contributed by atoms with Crippen LogP contribution in [0.2, 0.25) is 0 Å². The number of carbonyl (C=O) groups is 2. The highest BCUT2D eigenvalue weighted by Gasteiger charge is 2.35. The summed E-state index contributed by atoms with van der Waals surface area (Å²) in [5.74, 6) is 0.811. The normalized spacial score (nSPS) is 18.8. The van der Waals surface area contributed by atoms with Crippen LogP contribution in [-0.4, -0.2) is 50.6 Å². The van der Waals surface area contributed by atoms with Gasteiger partial charge in [0.2, 0.25) is 5.91 Å². The van der Waals surface area contributed by atoms with E-state index in [9.17, 15) is 9.59 Å². The Morgan fingerprint density at radius 3 is 3.08 bits per heavy atom. The maximum atomic E-state index is 12.8. The van der Waals surface area contributed by atoms with Gasteiger partial charge in [-0.05, 0) is 26.3 Å². The number of nitrogens with zero attached hydrogens (tertiary/aromatic N) is 3. The number of hydrogen-bond donors (Lipinski definition) is 1. The Bertz CT molecular complexity index is 776. The smallest absolute Gasteiger partial charge is 0.257 e. The zero-order valence-electron chi connectivity index (χ0n) is 13.9. The van der Waals surface area contributed by atoms with E-state index < -0.39 is 6.04 Å². The third kappa shape index (κ3) is 3.10. The monoisotopic (exact) mass is 348 g/mol. The molecule has 1 fully saturated rings. The third-order valence-electron chi connectivity index (χ3n) is 4.20. The van der Waals surface area contributed by atoms with Gasteiger partial charge >= 0.3 is 0 Å². The molecule has 1 N–H and O–H groups in total. The first-order valence-corrected chi connectivity index (χ1v) is 9.07. The highest BCUT2D eigenvalue weighted by Crippen LogP contribution is 2.25. The Kier molecular flexibility index (Phi) is 4.75. The minimum absolute atomic E-state index is 0.0951. The second-order valence-corrected chi connectivity index (χ2v) is 6.95. The number of fused-ring (bicyclic) bond motifs is 1. The average Bonchev–Trinajstić information content (AvgIpc) is 3.21. The van der Waals surface area contributed by atoms with Crippen molar-refractivity contribution in [1.29, 1.82) is 0 Å². The van der Waals surface area contributed by atoms with Gasteiger partial charge in [0.05, 0.1) is 22.5 Å². The van der Waals surface area contributed by atoms with Gasteiger partial charge in [0.15, 0.2) is 0 Å². The summed E-state index contributed by atoms with van der Waals surface area (Å²) in [6.07, 6.45) is 2.33. The highest BCUT2D eigenvalue weighted by atomic mass is 32.2. The number of amides is 2. The summed E-state index contributed by atoms with van der Waals surface area (Å²) in [5, 5.41) is 7.52. The standard InChI is InChI=1S/C16H20N4O3S/c1-4-9(2)18-14(21)13-7-24-8-20(13)16(22)11-5-12-10(3)19-23-15(12)17-6-11/h5-6,9,13H,4,7-8H2,1-3H3,(H,18,21). The lowest BCUT2D eigenvalue weighted by Gasteiger charge is -2.24. The Morgan fingerprint density at radius 2 is 2.33 bits per heavy atom. The number of aromatic nitrogens is 2. The van der Waals surface area contributed by atoms with Gasteiger partial charge in [0.1, 0.15) is 6.04 Å². The highest BCUT2D eigenvalue weighted by molar-refractivity contribution is 7.99. The van der Waals surface area contributed by atoms with E-state index >= 15 is 0 Å². The first kappa shape index (κ1) is 16.8. The van der Waals surface area contributed by atoms with E-state index in [2.05, 4.69) is 15.5 Å². The van der Waals surface area contributed by atoms with Crippen LogP contribution in [0, 0.1) is 6.92 Å². The molecule has 128 valence electrons. The van der Waals surface area contributed by atoms with Crippen molar-refractivity contribution in [3.05, 3.63) is 23.5 Å². The average molecular weight is 348 g/mol. The summed E-state index contributed by atoms with van der Waals surface area (Å²) in [6.45, 7) is 5.77. The molecule has 8 heteroatoms. The number of nitrogens with one attached hydrogen (secondary N) is 1. The van der Waals surface area contributed by atoms with E-state index in [0.717, 1.165) is 6.42 Å². The van der Waals surface area contributed by atoms with E-state index in [0.29, 0.717) is 34.0 Å². The summed E-state index contributed by atoms with van der Waals surface area (Å²) in [6, 6.07) is 1.37. The molecule has 2 unspecified atom stereocenters. The van der Waals surface area contributed by atoms with Crippen molar-refractivity contribution in [2.75, 3.05) is 11.6 Å². The van der Waals surface area contributed by atoms with Crippen LogP contribution in [0.4, 0.5) is 0 Å². The van der Waals surface area contributed by atoms with E-state index in [4.69, 9.17) is 4.52 Å². The molecule has 2 aromatic heterocycles. The van der Waals surface area contributed by atoms with Crippen molar-refractivity contribution >= 4 is 34.7 Å². The van der Waals surface area contributed by atoms with Gasteiger partial charge in [-0.15, -0.1) is 11.8 Å². The van der Waals surface area contributed by atoms with Crippen LogP contribution < -0.4 is 5.32 Å². The predicted octanol–water partition coefficient (Wildman–Crippen LogP) is 1.96. The molecule has 3 rings (SSSR count). The Balaban J connectivity index is 1.81. The van der Waals surface area contributed by atoms with Gasteiger partial charge in [-0.25, -0.2) is 4.98 Å². The van der Waals surface area contributed by atoms with Crippen LogP contribution in [0.5, 0.6) is 0 Å². The minimum Gasteiger partial charge on any atom is -0.352 e. The number of thioether (sulfide) groups is 1. The van der Waals surface area contributed by atoms with Crippen LogP contribution in [0.1, 0.15) is 36.3 Å².